The highest BCUT2D eigenvalue weighted by Crippen LogP contribution is 2.27. The largest absolute Gasteiger partial charge is 0.483 e. The van der Waals surface area contributed by atoms with Crippen LogP contribution in [0.15, 0.2) is 70.8 Å². The van der Waals surface area contributed by atoms with Crippen LogP contribution in [0, 0.1) is 6.92 Å². The summed E-state index contributed by atoms with van der Waals surface area (Å²) in [6.45, 7) is 8.56. The van der Waals surface area contributed by atoms with Crippen LogP contribution in [-0.2, 0) is 12.3 Å². The molecule has 1 heterocycles. The molecule has 1 unspecified atom stereocenters. The highest BCUT2D eigenvalue weighted by atomic mass is 79.9. The van der Waals surface area contributed by atoms with Gasteiger partial charge in [-0.25, -0.2) is 0 Å². The van der Waals surface area contributed by atoms with Crippen LogP contribution < -0.4 is 4.74 Å². The second-order valence-corrected chi connectivity index (χ2v) is 8.09. The minimum atomic E-state index is -0.208. The standard InChI is InChI=1S/C21H22BrN3OS/c1-4-12-25-20(16(3)26-19-10-8-15(2)9-11-19)23-24-21(25)27-14-17-6-5-7-18(22)13-17/h4-11,13,16H,1,12,14H2,2-3H3. The molecule has 4 nitrogen and oxygen atoms in total. The molecular weight excluding hydrogens is 422 g/mol. The lowest BCUT2D eigenvalue weighted by Gasteiger charge is -2.16. The number of aromatic nitrogens is 3. The first-order chi connectivity index (χ1) is 13.1. The molecule has 0 aliphatic heterocycles. The Bertz CT molecular complexity index is 908. The molecule has 0 aliphatic rings. The van der Waals surface area contributed by atoms with Crippen molar-refractivity contribution >= 4 is 27.7 Å². The fraction of sp³-hybridized carbons (Fsp3) is 0.238. The van der Waals surface area contributed by atoms with Gasteiger partial charge in [-0.05, 0) is 43.7 Å². The maximum atomic E-state index is 6.06. The SMILES string of the molecule is C=CCn1c(SCc2cccc(Br)c2)nnc1C(C)Oc1ccc(C)cc1. The number of hydrogen-bond donors (Lipinski definition) is 0. The second-order valence-electron chi connectivity index (χ2n) is 6.23. The average Bonchev–Trinajstić information content (AvgIpc) is 3.05. The molecule has 27 heavy (non-hydrogen) atoms. The zero-order chi connectivity index (χ0) is 19.2. The molecule has 3 aromatic rings. The van der Waals surface area contributed by atoms with E-state index in [-0.39, 0.29) is 6.10 Å². The summed E-state index contributed by atoms with van der Waals surface area (Å²) in [4.78, 5) is 0. The van der Waals surface area contributed by atoms with Crippen LogP contribution in [0.5, 0.6) is 5.75 Å². The van der Waals surface area contributed by atoms with Gasteiger partial charge in [0.05, 0.1) is 0 Å². The summed E-state index contributed by atoms with van der Waals surface area (Å²) in [5.41, 5.74) is 2.43. The van der Waals surface area contributed by atoms with Gasteiger partial charge in [0, 0.05) is 16.8 Å². The summed E-state index contributed by atoms with van der Waals surface area (Å²) < 4.78 is 9.20. The molecule has 0 fully saturated rings. The zero-order valence-corrected chi connectivity index (χ0v) is 17.8. The highest BCUT2D eigenvalue weighted by molar-refractivity contribution is 9.10. The van der Waals surface area contributed by atoms with E-state index < -0.39 is 0 Å². The van der Waals surface area contributed by atoms with E-state index in [1.165, 1.54) is 11.1 Å². The quantitative estimate of drug-likeness (QED) is 0.317. The van der Waals surface area contributed by atoms with Crippen molar-refractivity contribution in [3.63, 3.8) is 0 Å². The Hall–Kier alpha value is -2.05. The zero-order valence-electron chi connectivity index (χ0n) is 15.4. The van der Waals surface area contributed by atoms with E-state index in [0.29, 0.717) is 6.54 Å². The van der Waals surface area contributed by atoms with E-state index in [9.17, 15) is 0 Å². The molecule has 140 valence electrons. The Kier molecular flexibility index (Phi) is 6.74. The van der Waals surface area contributed by atoms with Gasteiger partial charge < -0.3 is 4.74 Å². The monoisotopic (exact) mass is 443 g/mol. The lowest BCUT2D eigenvalue weighted by atomic mass is 10.2. The van der Waals surface area contributed by atoms with Crippen molar-refractivity contribution in [3.05, 3.63) is 82.6 Å². The number of thioether (sulfide) groups is 1. The molecule has 1 aromatic heterocycles. The average molecular weight is 444 g/mol. The van der Waals surface area contributed by atoms with Crippen molar-refractivity contribution < 1.29 is 4.74 Å². The van der Waals surface area contributed by atoms with Crippen molar-refractivity contribution in [2.24, 2.45) is 0 Å². The molecule has 1 atom stereocenters. The first-order valence-corrected chi connectivity index (χ1v) is 10.5. The normalized spacial score (nSPS) is 12.0. The second kappa shape index (κ2) is 9.24. The summed E-state index contributed by atoms with van der Waals surface area (Å²) in [5.74, 6) is 2.44. The lowest BCUT2D eigenvalue weighted by molar-refractivity contribution is 0.210. The summed E-state index contributed by atoms with van der Waals surface area (Å²) in [6.07, 6.45) is 1.65. The number of rotatable bonds is 8. The van der Waals surface area contributed by atoms with Gasteiger partial charge in [-0.1, -0.05) is 63.6 Å². The summed E-state index contributed by atoms with van der Waals surface area (Å²) in [5, 5.41) is 9.64. The number of nitrogens with zero attached hydrogens (tertiary/aromatic N) is 3. The van der Waals surface area contributed by atoms with Crippen LogP contribution >= 0.6 is 27.7 Å². The van der Waals surface area contributed by atoms with Crippen molar-refractivity contribution in [3.8, 4) is 5.75 Å². The van der Waals surface area contributed by atoms with Crippen LogP contribution in [0.25, 0.3) is 0 Å². The van der Waals surface area contributed by atoms with E-state index in [0.717, 1.165) is 27.0 Å². The number of halogens is 1. The Morgan fingerprint density at radius 1 is 1.22 bits per heavy atom. The molecule has 0 saturated carbocycles. The van der Waals surface area contributed by atoms with E-state index in [2.05, 4.69) is 56.3 Å². The maximum Gasteiger partial charge on any atom is 0.191 e. The minimum absolute atomic E-state index is 0.208. The smallest absolute Gasteiger partial charge is 0.191 e. The van der Waals surface area contributed by atoms with E-state index in [4.69, 9.17) is 4.74 Å². The molecule has 2 aromatic carbocycles. The molecule has 0 bridgehead atoms. The molecule has 0 radical (unpaired) electrons. The molecule has 0 amide bonds. The molecular formula is C21H22BrN3OS. The van der Waals surface area contributed by atoms with Gasteiger partial charge in [-0.3, -0.25) is 4.57 Å². The fourth-order valence-corrected chi connectivity index (χ4v) is 4.00. The van der Waals surface area contributed by atoms with Crippen LogP contribution in [0.4, 0.5) is 0 Å². The third kappa shape index (κ3) is 5.23. The van der Waals surface area contributed by atoms with Gasteiger partial charge in [-0.15, -0.1) is 16.8 Å². The van der Waals surface area contributed by atoms with Gasteiger partial charge in [0.25, 0.3) is 0 Å². The fourth-order valence-electron chi connectivity index (χ4n) is 2.66. The van der Waals surface area contributed by atoms with Crippen LogP contribution in [-0.4, -0.2) is 14.8 Å². The van der Waals surface area contributed by atoms with E-state index in [1.54, 1.807) is 11.8 Å². The molecule has 0 aliphatic carbocycles. The van der Waals surface area contributed by atoms with Gasteiger partial charge in [-0.2, -0.15) is 0 Å². The van der Waals surface area contributed by atoms with Gasteiger partial charge >= 0.3 is 0 Å². The van der Waals surface area contributed by atoms with Crippen molar-refractivity contribution in [1.82, 2.24) is 14.8 Å². The van der Waals surface area contributed by atoms with Crippen molar-refractivity contribution in [1.29, 1.82) is 0 Å². The highest BCUT2D eigenvalue weighted by Gasteiger charge is 2.19. The van der Waals surface area contributed by atoms with Crippen LogP contribution in [0.3, 0.4) is 0 Å². The van der Waals surface area contributed by atoms with Crippen molar-refractivity contribution in [2.75, 3.05) is 0 Å². The lowest BCUT2D eigenvalue weighted by Crippen LogP contribution is -2.12. The molecule has 3 rings (SSSR count). The summed E-state index contributed by atoms with van der Waals surface area (Å²) in [7, 11) is 0. The van der Waals surface area contributed by atoms with Gasteiger partial charge in [0.15, 0.2) is 17.1 Å². The van der Waals surface area contributed by atoms with Crippen LogP contribution in [0.2, 0.25) is 0 Å². The van der Waals surface area contributed by atoms with Gasteiger partial charge in [0.1, 0.15) is 5.75 Å². The number of benzene rings is 2. The predicted molar refractivity (Wildman–Crippen MR) is 114 cm³/mol. The minimum Gasteiger partial charge on any atom is -0.483 e. The maximum absolute atomic E-state index is 6.06. The first-order valence-electron chi connectivity index (χ1n) is 8.71. The molecule has 0 spiro atoms. The van der Waals surface area contributed by atoms with Crippen molar-refractivity contribution in [2.45, 2.75) is 37.4 Å². The van der Waals surface area contributed by atoms with Crippen LogP contribution in [0.1, 0.15) is 30.0 Å². The van der Waals surface area contributed by atoms with E-state index in [1.807, 2.05) is 49.4 Å². The third-order valence-electron chi connectivity index (χ3n) is 4.01. The van der Waals surface area contributed by atoms with E-state index >= 15 is 0 Å². The van der Waals surface area contributed by atoms with Gasteiger partial charge in [0.2, 0.25) is 0 Å². The number of ether oxygens (including phenoxy) is 1. The number of aryl methyl sites for hydroxylation is 1. The Morgan fingerprint density at radius 2 is 2.00 bits per heavy atom. The predicted octanol–water partition coefficient (Wildman–Crippen LogP) is 5.97. The Balaban J connectivity index is 1.75. The first kappa shape index (κ1) is 19.7. The Morgan fingerprint density at radius 3 is 2.70 bits per heavy atom. The molecule has 6 heteroatoms. The molecule has 0 saturated heterocycles. The summed E-state index contributed by atoms with van der Waals surface area (Å²) in [6, 6.07) is 16.3. The molecule has 0 N–H and O–H groups in total. The number of hydrogen-bond acceptors (Lipinski definition) is 4. The summed E-state index contributed by atoms with van der Waals surface area (Å²) >= 11 is 5.18. The Labute approximate surface area is 172 Å². The number of allylic oxidation sites excluding steroid dienone is 1. The third-order valence-corrected chi connectivity index (χ3v) is 5.54. The topological polar surface area (TPSA) is 39.9 Å².